The normalized spacial score (nSPS) is 11.3. The molecule has 0 saturated heterocycles. The lowest BCUT2D eigenvalue weighted by Crippen LogP contribution is -2.22. The average Bonchev–Trinajstić information content (AvgIpc) is 2.88. The molecule has 0 N–H and O–H groups in total. The summed E-state index contributed by atoms with van der Waals surface area (Å²) in [5.41, 5.74) is 1.73. The number of aryl methyl sites for hydroxylation is 2. The number of hydrogen-bond donors (Lipinski definition) is 0. The molecule has 0 amide bonds. The molecule has 0 fully saturated rings. The fourth-order valence-electron chi connectivity index (χ4n) is 1.61. The summed E-state index contributed by atoms with van der Waals surface area (Å²) in [6, 6.07) is 5.46. The lowest BCUT2D eigenvalue weighted by atomic mass is 10.1. The van der Waals surface area contributed by atoms with Crippen molar-refractivity contribution in [1.82, 2.24) is 20.2 Å². The first kappa shape index (κ1) is 16.8. The van der Waals surface area contributed by atoms with Gasteiger partial charge in [0.25, 0.3) is 0 Å². The zero-order chi connectivity index (χ0) is 16.3. The fourth-order valence-corrected chi connectivity index (χ4v) is 1.78. The van der Waals surface area contributed by atoms with E-state index in [1.165, 1.54) is 0 Å². The van der Waals surface area contributed by atoms with Crippen LogP contribution < -0.4 is 4.74 Å². The first-order valence-electron chi connectivity index (χ1n) is 6.04. The number of rotatable bonds is 3. The van der Waals surface area contributed by atoms with Gasteiger partial charge in [-0.3, -0.25) is 0 Å². The predicted octanol–water partition coefficient (Wildman–Crippen LogP) is 3.44. The second-order valence-electron chi connectivity index (χ2n) is 4.37. The van der Waals surface area contributed by atoms with Gasteiger partial charge in [-0.15, -0.1) is 0 Å². The van der Waals surface area contributed by atoms with Crippen molar-refractivity contribution in [3.8, 4) is 11.8 Å². The molecule has 1 aromatic heterocycles. The molecular formula is C12H11Cl3N4O3. The van der Waals surface area contributed by atoms with Gasteiger partial charge >= 0.3 is 12.1 Å². The summed E-state index contributed by atoms with van der Waals surface area (Å²) in [5, 5.41) is 10.5. The highest BCUT2D eigenvalue weighted by atomic mass is 35.6. The van der Waals surface area contributed by atoms with E-state index in [1.807, 2.05) is 32.0 Å². The molecule has 0 saturated carbocycles. The van der Waals surface area contributed by atoms with Gasteiger partial charge in [-0.05, 0) is 35.4 Å². The van der Waals surface area contributed by atoms with E-state index in [9.17, 15) is 4.79 Å². The molecule has 118 valence electrons. The molecule has 0 radical (unpaired) electrons. The highest BCUT2D eigenvalue weighted by Gasteiger charge is 2.25. The summed E-state index contributed by atoms with van der Waals surface area (Å²) in [6.45, 7) is 3.27. The maximum absolute atomic E-state index is 11.9. The zero-order valence-corrected chi connectivity index (χ0v) is 13.9. The molecule has 1 heterocycles. The summed E-state index contributed by atoms with van der Waals surface area (Å²) < 4.78 is 9.40. The largest absolute Gasteiger partial charge is 0.443 e. The molecule has 0 atom stereocenters. The summed E-state index contributed by atoms with van der Waals surface area (Å²) in [5.74, 6) is 0.549. The van der Waals surface area contributed by atoms with Crippen molar-refractivity contribution in [1.29, 1.82) is 0 Å². The topological polar surface area (TPSA) is 79.1 Å². The van der Waals surface area contributed by atoms with Crippen LogP contribution in [0.15, 0.2) is 18.2 Å². The summed E-state index contributed by atoms with van der Waals surface area (Å²) in [4.78, 5) is 11.9. The second-order valence-corrected chi connectivity index (χ2v) is 6.88. The van der Waals surface area contributed by atoms with Gasteiger partial charge in [-0.25, -0.2) is 4.79 Å². The van der Waals surface area contributed by atoms with E-state index < -0.39 is 16.5 Å². The Morgan fingerprint density at radius 2 is 1.91 bits per heavy atom. The van der Waals surface area contributed by atoms with Crippen molar-refractivity contribution >= 4 is 40.9 Å². The van der Waals surface area contributed by atoms with Crippen molar-refractivity contribution < 1.29 is 14.3 Å². The summed E-state index contributed by atoms with van der Waals surface area (Å²) in [6.07, 6.45) is -0.919. The first-order chi connectivity index (χ1) is 10.3. The Morgan fingerprint density at radius 3 is 2.50 bits per heavy atom. The van der Waals surface area contributed by atoms with E-state index in [-0.39, 0.29) is 6.01 Å². The smallest absolute Gasteiger partial charge is 0.440 e. The van der Waals surface area contributed by atoms with Crippen LogP contribution in [0.25, 0.3) is 0 Å². The molecule has 1 aromatic carbocycles. The number of tetrazole rings is 1. The molecule has 10 heteroatoms. The Balaban J connectivity index is 2.18. The third-order valence-corrected chi connectivity index (χ3v) is 2.90. The molecular weight excluding hydrogens is 355 g/mol. The van der Waals surface area contributed by atoms with Crippen LogP contribution in [0.2, 0.25) is 0 Å². The molecule has 2 aromatic rings. The number of carbonyl (C=O) groups is 1. The molecule has 0 aliphatic rings. The van der Waals surface area contributed by atoms with Crippen LogP contribution >= 0.6 is 34.8 Å². The van der Waals surface area contributed by atoms with Gasteiger partial charge in [0.1, 0.15) is 12.4 Å². The van der Waals surface area contributed by atoms with Crippen LogP contribution in [0.5, 0.6) is 11.8 Å². The predicted molar refractivity (Wildman–Crippen MR) is 80.8 cm³/mol. The Hall–Kier alpha value is -1.57. The number of nitrogens with zero attached hydrogens (tertiary/aromatic N) is 4. The van der Waals surface area contributed by atoms with Crippen LogP contribution in [0.1, 0.15) is 11.1 Å². The molecule has 0 aliphatic carbocycles. The molecule has 0 aliphatic heterocycles. The molecule has 0 spiro atoms. The quantitative estimate of drug-likeness (QED) is 0.612. The van der Waals surface area contributed by atoms with E-state index in [1.54, 1.807) is 0 Å². The van der Waals surface area contributed by atoms with Crippen LogP contribution in [-0.4, -0.2) is 36.7 Å². The van der Waals surface area contributed by atoms with E-state index in [4.69, 9.17) is 44.3 Å². The van der Waals surface area contributed by atoms with Gasteiger partial charge in [-0.1, -0.05) is 62.8 Å². The van der Waals surface area contributed by atoms with E-state index in [0.29, 0.717) is 5.75 Å². The van der Waals surface area contributed by atoms with Crippen molar-refractivity contribution in [3.63, 3.8) is 0 Å². The maximum Gasteiger partial charge on any atom is 0.440 e. The highest BCUT2D eigenvalue weighted by molar-refractivity contribution is 6.67. The van der Waals surface area contributed by atoms with Gasteiger partial charge in [0.05, 0.1) is 0 Å². The third kappa shape index (κ3) is 4.22. The number of carbonyl (C=O) groups excluding carboxylic acids is 1. The number of aromatic nitrogens is 4. The second kappa shape index (κ2) is 6.68. The van der Waals surface area contributed by atoms with Gasteiger partial charge in [0.15, 0.2) is 0 Å². The highest BCUT2D eigenvalue weighted by Crippen LogP contribution is 2.28. The van der Waals surface area contributed by atoms with Crippen LogP contribution in [0.4, 0.5) is 4.79 Å². The fraction of sp³-hybridized carbons (Fsp3) is 0.333. The Bertz CT molecular complexity index is 664. The van der Waals surface area contributed by atoms with Crippen LogP contribution in [0.3, 0.4) is 0 Å². The van der Waals surface area contributed by atoms with Crippen molar-refractivity contribution in [3.05, 3.63) is 29.3 Å². The molecule has 22 heavy (non-hydrogen) atoms. The zero-order valence-electron chi connectivity index (χ0n) is 11.6. The number of alkyl halides is 3. The van der Waals surface area contributed by atoms with E-state index >= 15 is 0 Å². The lowest BCUT2D eigenvalue weighted by Gasteiger charge is -2.12. The first-order valence-corrected chi connectivity index (χ1v) is 7.17. The monoisotopic (exact) mass is 364 g/mol. The van der Waals surface area contributed by atoms with E-state index in [0.717, 1.165) is 15.8 Å². The number of hydrogen-bond acceptors (Lipinski definition) is 6. The number of para-hydroxylation sites is 1. The van der Waals surface area contributed by atoms with Gasteiger partial charge < -0.3 is 9.47 Å². The van der Waals surface area contributed by atoms with Gasteiger partial charge in [0.2, 0.25) is 3.79 Å². The Labute approximate surface area is 141 Å². The van der Waals surface area contributed by atoms with E-state index in [2.05, 4.69) is 15.5 Å². The molecule has 0 bridgehead atoms. The molecule has 2 rings (SSSR count). The molecule has 7 nitrogen and oxygen atoms in total. The van der Waals surface area contributed by atoms with Gasteiger partial charge in [0, 0.05) is 0 Å². The number of benzene rings is 1. The van der Waals surface area contributed by atoms with Crippen molar-refractivity contribution in [2.24, 2.45) is 0 Å². The summed E-state index contributed by atoms with van der Waals surface area (Å²) >= 11 is 16.5. The third-order valence-electron chi connectivity index (χ3n) is 2.58. The minimum Gasteiger partial charge on any atom is -0.443 e. The van der Waals surface area contributed by atoms with Crippen molar-refractivity contribution in [2.45, 2.75) is 17.6 Å². The van der Waals surface area contributed by atoms with Gasteiger partial charge in [-0.2, -0.15) is 0 Å². The minimum atomic E-state index is -1.72. The van der Waals surface area contributed by atoms with Crippen molar-refractivity contribution in [2.75, 3.05) is 6.61 Å². The maximum atomic E-state index is 11.9. The summed E-state index contributed by atoms with van der Waals surface area (Å²) in [7, 11) is 0. The van der Waals surface area contributed by atoms with Crippen LogP contribution in [-0.2, 0) is 4.74 Å². The number of ether oxygens (including phenoxy) is 2. The Morgan fingerprint density at radius 1 is 1.27 bits per heavy atom. The van der Waals surface area contributed by atoms with Crippen LogP contribution in [0, 0.1) is 13.8 Å². The number of halogens is 3. The SMILES string of the molecule is Cc1cccc(C)c1Oc1nnnn1C(=O)OCC(Cl)(Cl)Cl. The lowest BCUT2D eigenvalue weighted by molar-refractivity contribution is 0.143. The molecule has 0 unspecified atom stereocenters. The standard InChI is InChI=1S/C12H11Cl3N4O3/c1-7-4-3-5-8(2)9(7)22-10-16-17-18-19(10)11(20)21-6-12(13,14)15/h3-5H,6H2,1-2H3. The average molecular weight is 366 g/mol. The Kier molecular flexibility index (Phi) is 5.10. The minimum absolute atomic E-state index is 0.147.